The topological polar surface area (TPSA) is 12.0 Å². The standard InChI is InChI=1S/2C4H9.C3H6N.Al/c2*1-4(2)3;1-2-3-4;/h2*4H,1H2,2-3H3;2,4H,1,3H2;/q;;-1;+1. The van der Waals surface area contributed by atoms with E-state index < -0.39 is 14.4 Å². The van der Waals surface area contributed by atoms with Gasteiger partial charge < -0.3 is 4.30 Å². The minimum atomic E-state index is -0.688. The summed E-state index contributed by atoms with van der Waals surface area (Å²) < 4.78 is 3.65. The smallest absolute Gasteiger partial charge is 0.370 e. The molecule has 0 bridgehead atoms. The van der Waals surface area contributed by atoms with Crippen LogP contribution in [-0.2, 0) is 0 Å². The zero-order valence-electron chi connectivity index (χ0n) is 9.64. The first kappa shape index (κ1) is 13.2. The molecule has 0 atom stereocenters. The number of hydrogen-bond donors (Lipinski definition) is 1. The molecule has 0 saturated carbocycles. The Labute approximate surface area is 88.2 Å². The SMILES string of the molecule is C=CC[NH][Al]([CH2]C(C)C)[CH2]C(C)C. The van der Waals surface area contributed by atoms with Crippen LogP contribution in [0.15, 0.2) is 12.7 Å². The highest BCUT2D eigenvalue weighted by Gasteiger charge is 2.19. The van der Waals surface area contributed by atoms with Gasteiger partial charge in [0.25, 0.3) is 0 Å². The molecule has 0 spiro atoms. The molecule has 0 amide bonds. The van der Waals surface area contributed by atoms with Crippen molar-refractivity contribution in [2.45, 2.75) is 38.3 Å². The largest absolute Gasteiger partial charge is 0.395 e. The van der Waals surface area contributed by atoms with E-state index in [1.54, 1.807) is 0 Å². The summed E-state index contributed by atoms with van der Waals surface area (Å²) in [7, 11) is 0. The Kier molecular flexibility index (Phi) is 7.76. The Morgan fingerprint density at radius 3 is 1.92 bits per heavy atom. The van der Waals surface area contributed by atoms with Crippen molar-refractivity contribution >= 4 is 14.4 Å². The van der Waals surface area contributed by atoms with E-state index in [9.17, 15) is 0 Å². The predicted octanol–water partition coefficient (Wildman–Crippen LogP) is 3.07. The van der Waals surface area contributed by atoms with E-state index in [2.05, 4.69) is 38.6 Å². The van der Waals surface area contributed by atoms with E-state index in [0.29, 0.717) is 0 Å². The fourth-order valence-corrected chi connectivity index (χ4v) is 4.95. The average molecular weight is 197 g/mol. The molecule has 0 aromatic carbocycles. The number of nitrogens with one attached hydrogen (secondary N) is 1. The highest BCUT2D eigenvalue weighted by Crippen LogP contribution is 2.12. The van der Waals surface area contributed by atoms with Crippen LogP contribution in [0, 0.1) is 11.8 Å². The third-order valence-corrected chi connectivity index (χ3v) is 5.90. The van der Waals surface area contributed by atoms with Crippen LogP contribution in [0.3, 0.4) is 0 Å². The van der Waals surface area contributed by atoms with Gasteiger partial charge in [-0.15, -0.1) is 6.58 Å². The summed E-state index contributed by atoms with van der Waals surface area (Å²) in [6.45, 7) is 14.0. The van der Waals surface area contributed by atoms with Crippen LogP contribution in [0.2, 0.25) is 10.6 Å². The second kappa shape index (κ2) is 7.62. The molecule has 0 aromatic rings. The normalized spacial score (nSPS) is 10.9. The van der Waals surface area contributed by atoms with Gasteiger partial charge >= 0.3 is 14.4 Å². The van der Waals surface area contributed by atoms with Gasteiger partial charge in [0.15, 0.2) is 0 Å². The average Bonchev–Trinajstić information content (AvgIpc) is 1.98. The highest BCUT2D eigenvalue weighted by molar-refractivity contribution is 6.56. The van der Waals surface area contributed by atoms with E-state index in [0.717, 1.165) is 18.4 Å². The van der Waals surface area contributed by atoms with Crippen molar-refractivity contribution in [3.8, 4) is 0 Å². The molecule has 76 valence electrons. The lowest BCUT2D eigenvalue weighted by Gasteiger charge is -2.16. The predicted molar refractivity (Wildman–Crippen MR) is 63.2 cm³/mol. The lowest BCUT2D eigenvalue weighted by atomic mass is 10.3. The third-order valence-electron chi connectivity index (χ3n) is 2.06. The van der Waals surface area contributed by atoms with Gasteiger partial charge in [-0.1, -0.05) is 56.2 Å². The lowest BCUT2D eigenvalue weighted by Crippen LogP contribution is -2.36. The van der Waals surface area contributed by atoms with E-state index in [4.69, 9.17) is 0 Å². The second-order valence-electron chi connectivity index (χ2n) is 4.65. The Balaban J connectivity index is 3.79. The Hall–Kier alpha value is 0.232. The molecule has 13 heavy (non-hydrogen) atoms. The van der Waals surface area contributed by atoms with Gasteiger partial charge in [0, 0.05) is 0 Å². The van der Waals surface area contributed by atoms with Gasteiger partial charge in [0.1, 0.15) is 0 Å². The van der Waals surface area contributed by atoms with E-state index in [1.807, 2.05) is 6.08 Å². The number of rotatable bonds is 7. The molecule has 0 unspecified atom stereocenters. The van der Waals surface area contributed by atoms with Crippen LogP contribution in [0.25, 0.3) is 0 Å². The molecular weight excluding hydrogens is 173 g/mol. The van der Waals surface area contributed by atoms with Crippen molar-refractivity contribution in [2.24, 2.45) is 11.8 Å². The van der Waals surface area contributed by atoms with Crippen LogP contribution in [0.5, 0.6) is 0 Å². The summed E-state index contributed by atoms with van der Waals surface area (Å²) in [6, 6.07) is 0. The first-order chi connectivity index (χ1) is 6.06. The molecule has 0 saturated heterocycles. The van der Waals surface area contributed by atoms with Crippen LogP contribution in [-0.4, -0.2) is 20.9 Å². The lowest BCUT2D eigenvalue weighted by molar-refractivity contribution is 0.678. The van der Waals surface area contributed by atoms with Crippen molar-refractivity contribution in [3.05, 3.63) is 12.7 Å². The van der Waals surface area contributed by atoms with Gasteiger partial charge in [0.05, 0.1) is 0 Å². The summed E-state index contributed by atoms with van der Waals surface area (Å²) in [4.78, 5) is 0. The quantitative estimate of drug-likeness (QED) is 0.488. The van der Waals surface area contributed by atoms with Gasteiger partial charge in [-0.2, -0.15) is 0 Å². The highest BCUT2D eigenvalue weighted by atomic mass is 27.2. The molecule has 0 radical (unpaired) electrons. The number of hydrogen-bond acceptors (Lipinski definition) is 1. The molecule has 2 heteroatoms. The Morgan fingerprint density at radius 2 is 1.62 bits per heavy atom. The molecule has 0 aliphatic heterocycles. The molecule has 0 aliphatic rings. The van der Waals surface area contributed by atoms with Crippen molar-refractivity contribution in [3.63, 3.8) is 0 Å². The first-order valence-electron chi connectivity index (χ1n) is 5.40. The van der Waals surface area contributed by atoms with E-state index >= 15 is 0 Å². The molecule has 1 N–H and O–H groups in total. The second-order valence-corrected chi connectivity index (χ2v) is 7.40. The molecule has 0 rings (SSSR count). The van der Waals surface area contributed by atoms with Crippen LogP contribution >= 0.6 is 0 Å². The van der Waals surface area contributed by atoms with Crippen LogP contribution in [0.4, 0.5) is 0 Å². The van der Waals surface area contributed by atoms with Gasteiger partial charge in [-0.05, 0) is 6.54 Å². The maximum atomic E-state index is 3.75. The zero-order chi connectivity index (χ0) is 10.3. The molecule has 0 heterocycles. The molecule has 1 nitrogen and oxygen atoms in total. The van der Waals surface area contributed by atoms with Gasteiger partial charge in [-0.25, -0.2) is 0 Å². The molecule has 0 aliphatic carbocycles. The molecule has 0 fully saturated rings. The van der Waals surface area contributed by atoms with Crippen molar-refractivity contribution in [1.29, 1.82) is 0 Å². The first-order valence-corrected chi connectivity index (χ1v) is 7.61. The summed E-state index contributed by atoms with van der Waals surface area (Å²) in [5, 5.41) is 2.82. The maximum Gasteiger partial charge on any atom is 0.370 e. The summed E-state index contributed by atoms with van der Waals surface area (Å²) >= 11 is -0.688. The van der Waals surface area contributed by atoms with E-state index in [1.165, 1.54) is 10.6 Å². The Bertz CT molecular complexity index is 122. The summed E-state index contributed by atoms with van der Waals surface area (Å²) in [5.74, 6) is 1.68. The van der Waals surface area contributed by atoms with Crippen molar-refractivity contribution in [2.75, 3.05) is 6.54 Å². The van der Waals surface area contributed by atoms with Crippen LogP contribution in [0.1, 0.15) is 27.7 Å². The summed E-state index contributed by atoms with van der Waals surface area (Å²) in [5.41, 5.74) is 0. The zero-order valence-corrected chi connectivity index (χ0v) is 10.8. The maximum absolute atomic E-state index is 3.75. The molecule has 0 aromatic heterocycles. The van der Waals surface area contributed by atoms with Crippen molar-refractivity contribution < 1.29 is 0 Å². The fraction of sp³-hybridized carbons (Fsp3) is 0.818. The summed E-state index contributed by atoms with van der Waals surface area (Å²) in [6.07, 6.45) is 1.97. The minimum Gasteiger partial charge on any atom is -0.395 e. The van der Waals surface area contributed by atoms with E-state index in [-0.39, 0.29) is 0 Å². The van der Waals surface area contributed by atoms with Gasteiger partial charge in [0.2, 0.25) is 0 Å². The van der Waals surface area contributed by atoms with Crippen LogP contribution < -0.4 is 4.30 Å². The van der Waals surface area contributed by atoms with Crippen molar-refractivity contribution in [1.82, 2.24) is 4.30 Å². The van der Waals surface area contributed by atoms with Gasteiger partial charge in [-0.3, -0.25) is 0 Å². The minimum absolute atomic E-state index is 0.688. The Morgan fingerprint density at radius 1 is 1.15 bits per heavy atom. The monoisotopic (exact) mass is 197 g/mol. The fourth-order valence-electron chi connectivity index (χ4n) is 1.65. The molecular formula is C11H24AlN. The third kappa shape index (κ3) is 8.56.